The van der Waals surface area contributed by atoms with Gasteiger partial charge < -0.3 is 10.2 Å². The zero-order chi connectivity index (χ0) is 19.8. The van der Waals surface area contributed by atoms with Gasteiger partial charge in [-0.25, -0.2) is 8.42 Å². The third-order valence-electron chi connectivity index (χ3n) is 4.71. The summed E-state index contributed by atoms with van der Waals surface area (Å²) in [5, 5.41) is 3.28. The second-order valence-corrected chi connectivity index (χ2v) is 8.77. The van der Waals surface area contributed by atoms with E-state index in [1.54, 1.807) is 24.3 Å². The summed E-state index contributed by atoms with van der Waals surface area (Å²) >= 11 is 0. The van der Waals surface area contributed by atoms with Gasteiger partial charge in [0, 0.05) is 19.6 Å². The Kier molecular flexibility index (Phi) is 6.87. The molecule has 0 fully saturated rings. The van der Waals surface area contributed by atoms with Gasteiger partial charge in [0.25, 0.3) is 0 Å². The molecule has 5 nitrogen and oxygen atoms in total. The van der Waals surface area contributed by atoms with Crippen LogP contribution < -0.4 is 5.32 Å². The van der Waals surface area contributed by atoms with Gasteiger partial charge in [-0.2, -0.15) is 0 Å². The van der Waals surface area contributed by atoms with Crippen LogP contribution in [0.4, 0.5) is 0 Å². The first-order valence-corrected chi connectivity index (χ1v) is 11.3. The molecule has 1 aliphatic rings. The highest BCUT2D eigenvalue weighted by Crippen LogP contribution is 2.22. The van der Waals surface area contributed by atoms with Gasteiger partial charge in [0.2, 0.25) is 0 Å². The van der Waals surface area contributed by atoms with Crippen LogP contribution in [0.25, 0.3) is 5.57 Å². The number of sulfone groups is 1. The predicted molar refractivity (Wildman–Crippen MR) is 115 cm³/mol. The van der Waals surface area contributed by atoms with E-state index in [4.69, 9.17) is 0 Å². The summed E-state index contributed by atoms with van der Waals surface area (Å²) in [5.74, 6) is 0.777. The molecular formula is C22H27N3O2S. The molecule has 1 aliphatic heterocycles. The fraction of sp³-hybridized carbons (Fsp3) is 0.318. The molecule has 3 rings (SSSR count). The van der Waals surface area contributed by atoms with Gasteiger partial charge in [-0.05, 0) is 36.6 Å². The van der Waals surface area contributed by atoms with Gasteiger partial charge in [-0.15, -0.1) is 0 Å². The molecule has 1 N–H and O–H groups in total. The fourth-order valence-electron chi connectivity index (χ4n) is 3.22. The number of aliphatic imine (C=N–C) groups is 1. The highest BCUT2D eigenvalue weighted by Gasteiger charge is 2.17. The van der Waals surface area contributed by atoms with Gasteiger partial charge >= 0.3 is 0 Å². The van der Waals surface area contributed by atoms with E-state index in [1.165, 1.54) is 11.1 Å². The van der Waals surface area contributed by atoms with Crippen LogP contribution in [0, 0.1) is 0 Å². The Morgan fingerprint density at radius 3 is 2.36 bits per heavy atom. The van der Waals surface area contributed by atoms with Gasteiger partial charge in [0.15, 0.2) is 15.8 Å². The molecule has 0 unspecified atom stereocenters. The number of nitrogens with one attached hydrogen (secondary N) is 1. The van der Waals surface area contributed by atoms with Crippen molar-refractivity contribution >= 4 is 21.4 Å². The molecular weight excluding hydrogens is 370 g/mol. The van der Waals surface area contributed by atoms with E-state index in [1.807, 2.05) is 19.1 Å². The molecule has 2 aromatic rings. The van der Waals surface area contributed by atoms with Gasteiger partial charge in [0.1, 0.15) is 0 Å². The topological polar surface area (TPSA) is 61.8 Å². The van der Waals surface area contributed by atoms with Crippen LogP contribution in [0.2, 0.25) is 0 Å². The Labute approximate surface area is 167 Å². The van der Waals surface area contributed by atoms with Crippen LogP contribution in [-0.2, 0) is 9.84 Å². The molecule has 0 spiro atoms. The number of hydrogen-bond donors (Lipinski definition) is 1. The second kappa shape index (κ2) is 9.55. The minimum Gasteiger partial charge on any atom is -0.357 e. The van der Waals surface area contributed by atoms with E-state index in [0.717, 1.165) is 32.0 Å². The number of nitrogens with zero attached hydrogens (tertiary/aromatic N) is 2. The quantitative estimate of drug-likeness (QED) is 0.601. The van der Waals surface area contributed by atoms with Crippen molar-refractivity contribution in [3.8, 4) is 0 Å². The van der Waals surface area contributed by atoms with Crippen LogP contribution in [0.3, 0.4) is 0 Å². The van der Waals surface area contributed by atoms with Crippen molar-refractivity contribution in [2.75, 3.05) is 31.9 Å². The number of guanidine groups is 1. The molecule has 2 aromatic carbocycles. The molecule has 6 heteroatoms. The predicted octanol–water partition coefficient (Wildman–Crippen LogP) is 3.22. The third-order valence-corrected chi connectivity index (χ3v) is 6.42. The van der Waals surface area contributed by atoms with Crippen molar-refractivity contribution < 1.29 is 8.42 Å². The Morgan fingerprint density at radius 2 is 1.75 bits per heavy atom. The maximum atomic E-state index is 12.4. The van der Waals surface area contributed by atoms with E-state index in [2.05, 4.69) is 45.6 Å². The van der Waals surface area contributed by atoms with Gasteiger partial charge in [-0.1, -0.05) is 54.6 Å². The molecule has 148 valence electrons. The van der Waals surface area contributed by atoms with Crippen LogP contribution in [0.15, 0.2) is 76.6 Å². The highest BCUT2D eigenvalue weighted by atomic mass is 32.2. The Balaban J connectivity index is 1.64. The van der Waals surface area contributed by atoms with Crippen molar-refractivity contribution in [3.05, 3.63) is 72.3 Å². The van der Waals surface area contributed by atoms with E-state index in [-0.39, 0.29) is 12.3 Å². The molecule has 28 heavy (non-hydrogen) atoms. The molecule has 0 saturated carbocycles. The maximum Gasteiger partial charge on any atom is 0.194 e. The standard InChI is InChI=1S/C22H27N3O2S/c1-2-23-22(24-15-18-28(26,27)21-11-7-4-8-12-21)25-16-13-20(14-17-25)19-9-5-3-6-10-19/h3-13H,2,14-18H2,1H3,(H,23,24). The lowest BCUT2D eigenvalue weighted by atomic mass is 10.00. The summed E-state index contributed by atoms with van der Waals surface area (Å²) in [6, 6.07) is 19.0. The van der Waals surface area contributed by atoms with E-state index in [0.29, 0.717) is 4.90 Å². The van der Waals surface area contributed by atoms with Crippen molar-refractivity contribution in [1.29, 1.82) is 0 Å². The van der Waals surface area contributed by atoms with Crippen LogP contribution in [0.5, 0.6) is 0 Å². The van der Waals surface area contributed by atoms with Crippen molar-refractivity contribution in [3.63, 3.8) is 0 Å². The summed E-state index contributed by atoms with van der Waals surface area (Å²) < 4.78 is 24.9. The minimum atomic E-state index is -3.31. The number of rotatable bonds is 6. The van der Waals surface area contributed by atoms with Crippen LogP contribution >= 0.6 is 0 Å². The van der Waals surface area contributed by atoms with Crippen LogP contribution in [0.1, 0.15) is 18.9 Å². The first kappa shape index (κ1) is 20.1. The molecule has 0 aliphatic carbocycles. The summed E-state index contributed by atoms with van der Waals surface area (Å²) in [5.41, 5.74) is 2.61. The normalized spacial score (nSPS) is 15.2. The van der Waals surface area contributed by atoms with Crippen LogP contribution in [-0.4, -0.2) is 51.2 Å². The lowest BCUT2D eigenvalue weighted by Crippen LogP contribution is -2.43. The smallest absolute Gasteiger partial charge is 0.194 e. The van der Waals surface area contributed by atoms with E-state index >= 15 is 0 Å². The molecule has 0 amide bonds. The minimum absolute atomic E-state index is 0.00481. The van der Waals surface area contributed by atoms with E-state index < -0.39 is 9.84 Å². The molecule has 0 aromatic heterocycles. The summed E-state index contributed by atoms with van der Waals surface area (Å²) in [4.78, 5) is 7.09. The molecule has 0 saturated heterocycles. The molecule has 0 bridgehead atoms. The van der Waals surface area contributed by atoms with Crippen molar-refractivity contribution in [2.24, 2.45) is 4.99 Å². The highest BCUT2D eigenvalue weighted by molar-refractivity contribution is 7.91. The van der Waals surface area contributed by atoms with Gasteiger partial charge in [-0.3, -0.25) is 4.99 Å². The molecule has 0 atom stereocenters. The lowest BCUT2D eigenvalue weighted by Gasteiger charge is -2.29. The Morgan fingerprint density at radius 1 is 1.07 bits per heavy atom. The number of benzene rings is 2. The molecule has 0 radical (unpaired) electrons. The third kappa shape index (κ3) is 5.23. The monoisotopic (exact) mass is 397 g/mol. The average Bonchev–Trinajstić information content (AvgIpc) is 2.74. The summed E-state index contributed by atoms with van der Waals surface area (Å²) in [7, 11) is -3.31. The molecule has 1 heterocycles. The number of hydrogen-bond acceptors (Lipinski definition) is 3. The van der Waals surface area contributed by atoms with Crippen molar-refractivity contribution in [1.82, 2.24) is 10.2 Å². The lowest BCUT2D eigenvalue weighted by molar-refractivity contribution is 0.440. The first-order valence-electron chi connectivity index (χ1n) is 9.65. The fourth-order valence-corrected chi connectivity index (χ4v) is 4.36. The first-order chi connectivity index (χ1) is 13.6. The largest absolute Gasteiger partial charge is 0.357 e. The van der Waals surface area contributed by atoms with Gasteiger partial charge in [0.05, 0.1) is 17.2 Å². The maximum absolute atomic E-state index is 12.4. The SMILES string of the molecule is CCNC(=NCCS(=O)(=O)c1ccccc1)N1CC=C(c2ccccc2)CC1. The summed E-state index contributed by atoms with van der Waals surface area (Å²) in [6.45, 7) is 4.63. The van der Waals surface area contributed by atoms with Crippen molar-refractivity contribution in [2.45, 2.75) is 18.2 Å². The van der Waals surface area contributed by atoms with E-state index in [9.17, 15) is 8.42 Å². The zero-order valence-corrected chi connectivity index (χ0v) is 17.0. The Bertz CT molecular complexity index is 923. The second-order valence-electron chi connectivity index (χ2n) is 6.66. The summed E-state index contributed by atoms with van der Waals surface area (Å²) in [6.07, 6.45) is 3.17. The zero-order valence-electron chi connectivity index (χ0n) is 16.2. The Hall–Kier alpha value is -2.60. The average molecular weight is 398 g/mol.